The molecule has 1 aromatic rings. The van der Waals surface area contributed by atoms with Gasteiger partial charge in [-0.2, -0.15) is 0 Å². The third-order valence-electron chi connectivity index (χ3n) is 6.50. The van der Waals surface area contributed by atoms with Gasteiger partial charge in [0, 0.05) is 18.0 Å². The Morgan fingerprint density at radius 2 is 2.17 bits per heavy atom. The number of nitrogens with zero attached hydrogens (tertiary/aromatic N) is 2. The zero-order chi connectivity index (χ0) is 16.7. The molecule has 5 heteroatoms. The highest BCUT2D eigenvalue weighted by Crippen LogP contribution is 2.58. The van der Waals surface area contributed by atoms with Crippen molar-refractivity contribution in [1.82, 2.24) is 9.80 Å². The molecule has 3 atom stereocenters. The maximum Gasteiger partial charge on any atom is 0.237 e. The summed E-state index contributed by atoms with van der Waals surface area (Å²) in [6.45, 7) is 1.24. The van der Waals surface area contributed by atoms with Gasteiger partial charge in [-0.1, -0.05) is 12.8 Å². The molecule has 2 aliphatic carbocycles. The van der Waals surface area contributed by atoms with Gasteiger partial charge in [0.15, 0.2) is 0 Å². The molecule has 2 heterocycles. The lowest BCUT2D eigenvalue weighted by molar-refractivity contribution is -0.159. The summed E-state index contributed by atoms with van der Waals surface area (Å²) in [5, 5.41) is 10.1. The Bertz CT molecular complexity index is 579. The number of rotatable bonds is 4. The molecule has 1 N–H and O–H groups in total. The maximum absolute atomic E-state index is 12.9. The van der Waals surface area contributed by atoms with Crippen LogP contribution in [0.5, 0.6) is 0 Å². The lowest BCUT2D eigenvalue weighted by atomic mass is 9.69. The molecular weight excluding hydrogens is 304 g/mol. The highest BCUT2D eigenvalue weighted by Gasteiger charge is 2.57. The Balaban J connectivity index is 1.46. The summed E-state index contributed by atoms with van der Waals surface area (Å²) >= 11 is 0. The number of hydrogen-bond acceptors (Lipinski definition) is 4. The zero-order valence-electron chi connectivity index (χ0n) is 14.5. The van der Waals surface area contributed by atoms with Crippen LogP contribution in [-0.4, -0.2) is 53.1 Å². The van der Waals surface area contributed by atoms with E-state index in [0.29, 0.717) is 6.54 Å². The summed E-state index contributed by atoms with van der Waals surface area (Å²) in [4.78, 5) is 16.9. The molecule has 0 bridgehead atoms. The molecule has 0 radical (unpaired) electrons. The van der Waals surface area contributed by atoms with Crippen LogP contribution in [0, 0.1) is 5.41 Å². The average Bonchev–Trinajstić information content (AvgIpc) is 3.26. The molecule has 3 aliphatic rings. The Morgan fingerprint density at radius 3 is 2.79 bits per heavy atom. The van der Waals surface area contributed by atoms with E-state index in [0.717, 1.165) is 31.6 Å². The van der Waals surface area contributed by atoms with Crippen molar-refractivity contribution in [3.8, 4) is 0 Å². The number of amides is 1. The topological polar surface area (TPSA) is 56.9 Å². The summed E-state index contributed by atoms with van der Waals surface area (Å²) in [5.41, 5.74) is 0.235. The first-order valence-electron chi connectivity index (χ1n) is 9.32. The molecule has 4 rings (SSSR count). The molecule has 0 aromatic carbocycles. The van der Waals surface area contributed by atoms with Crippen molar-refractivity contribution in [1.29, 1.82) is 0 Å². The lowest BCUT2D eigenvalue weighted by Gasteiger charge is -2.55. The summed E-state index contributed by atoms with van der Waals surface area (Å²) in [5.74, 6) is 1.09. The highest BCUT2D eigenvalue weighted by molar-refractivity contribution is 5.80. The lowest BCUT2D eigenvalue weighted by Crippen LogP contribution is -2.61. The first-order valence-corrected chi connectivity index (χ1v) is 9.32. The quantitative estimate of drug-likeness (QED) is 0.921. The largest absolute Gasteiger partial charge is 0.467 e. The fourth-order valence-electron chi connectivity index (χ4n) is 5.24. The molecule has 24 heavy (non-hydrogen) atoms. The van der Waals surface area contributed by atoms with Gasteiger partial charge in [-0.25, -0.2) is 0 Å². The Labute approximate surface area is 143 Å². The monoisotopic (exact) mass is 332 g/mol. The van der Waals surface area contributed by atoms with E-state index in [2.05, 4.69) is 0 Å². The standard InChI is InChI=1S/C19H28N2O3/c1-20(14-6-4-7-15(14)22)12-17(23)21-13-19(9-2-3-10-19)18(21)16-8-5-11-24-16/h5,8,11,14-15,18,22H,2-4,6-7,9-10,12-13H2,1H3/t14-,15-,18?/m1/s1. The third kappa shape index (κ3) is 2.58. The second-order valence-electron chi connectivity index (χ2n) is 7.99. The van der Waals surface area contributed by atoms with E-state index in [1.165, 1.54) is 25.7 Å². The van der Waals surface area contributed by atoms with Crippen molar-refractivity contribution in [2.75, 3.05) is 20.1 Å². The van der Waals surface area contributed by atoms with E-state index >= 15 is 0 Å². The number of aliphatic hydroxyl groups is 1. The molecule has 1 amide bonds. The second-order valence-corrected chi connectivity index (χ2v) is 7.99. The van der Waals surface area contributed by atoms with E-state index < -0.39 is 0 Å². The maximum atomic E-state index is 12.9. The Morgan fingerprint density at radius 1 is 1.38 bits per heavy atom. The van der Waals surface area contributed by atoms with Crippen LogP contribution in [0.4, 0.5) is 0 Å². The van der Waals surface area contributed by atoms with Crippen molar-refractivity contribution < 1.29 is 14.3 Å². The normalized spacial score (nSPS) is 31.8. The molecule has 1 aromatic heterocycles. The number of furan rings is 1. The van der Waals surface area contributed by atoms with Crippen LogP contribution in [0.2, 0.25) is 0 Å². The molecular formula is C19H28N2O3. The van der Waals surface area contributed by atoms with E-state index in [1.807, 2.05) is 29.0 Å². The van der Waals surface area contributed by atoms with E-state index in [4.69, 9.17) is 4.42 Å². The van der Waals surface area contributed by atoms with Gasteiger partial charge in [-0.15, -0.1) is 0 Å². The van der Waals surface area contributed by atoms with Crippen LogP contribution in [0.15, 0.2) is 22.8 Å². The molecule has 2 saturated carbocycles. The summed E-state index contributed by atoms with van der Waals surface area (Å²) < 4.78 is 5.68. The molecule has 1 saturated heterocycles. The van der Waals surface area contributed by atoms with Gasteiger partial charge < -0.3 is 14.4 Å². The van der Waals surface area contributed by atoms with Gasteiger partial charge in [-0.05, 0) is 51.3 Å². The number of carbonyl (C=O) groups excluding carboxylic acids is 1. The van der Waals surface area contributed by atoms with Gasteiger partial charge in [0.1, 0.15) is 5.76 Å². The van der Waals surface area contributed by atoms with Crippen LogP contribution in [0.25, 0.3) is 0 Å². The molecule has 3 fully saturated rings. The van der Waals surface area contributed by atoms with Crippen LogP contribution in [0.1, 0.15) is 56.7 Å². The van der Waals surface area contributed by atoms with Crippen LogP contribution in [-0.2, 0) is 4.79 Å². The Kier molecular flexibility index (Phi) is 4.17. The summed E-state index contributed by atoms with van der Waals surface area (Å²) in [6.07, 6.45) is 9.20. The number of carbonyl (C=O) groups is 1. The van der Waals surface area contributed by atoms with Gasteiger partial charge in [0.05, 0.1) is 25.0 Å². The van der Waals surface area contributed by atoms with Gasteiger partial charge >= 0.3 is 0 Å². The Hall–Kier alpha value is -1.33. The van der Waals surface area contributed by atoms with Crippen molar-refractivity contribution in [2.45, 2.75) is 63.1 Å². The average molecular weight is 332 g/mol. The second kappa shape index (κ2) is 6.19. The first kappa shape index (κ1) is 16.2. The summed E-state index contributed by atoms with van der Waals surface area (Å²) in [6, 6.07) is 4.15. The minimum absolute atomic E-state index is 0.101. The SMILES string of the molecule is CN(CC(=O)N1CC2(CCCC2)C1c1ccco1)[C@@H]1CCC[C@H]1O. The van der Waals surface area contributed by atoms with Crippen molar-refractivity contribution in [3.63, 3.8) is 0 Å². The first-order chi connectivity index (χ1) is 11.6. The minimum atomic E-state index is -0.291. The van der Waals surface area contributed by atoms with Crippen LogP contribution < -0.4 is 0 Å². The number of likely N-dealkylation sites (N-methyl/N-ethyl adjacent to an activating group) is 1. The van der Waals surface area contributed by atoms with E-state index in [9.17, 15) is 9.90 Å². The highest BCUT2D eigenvalue weighted by atomic mass is 16.3. The fraction of sp³-hybridized carbons (Fsp3) is 0.737. The number of aliphatic hydroxyl groups excluding tert-OH is 1. The number of likely N-dealkylation sites (tertiary alicyclic amines) is 1. The zero-order valence-corrected chi connectivity index (χ0v) is 14.5. The molecule has 132 valence electrons. The van der Waals surface area contributed by atoms with Crippen LogP contribution >= 0.6 is 0 Å². The molecule has 1 spiro atoms. The summed E-state index contributed by atoms with van der Waals surface area (Å²) in [7, 11) is 1.96. The smallest absolute Gasteiger partial charge is 0.237 e. The van der Waals surface area contributed by atoms with Crippen LogP contribution in [0.3, 0.4) is 0 Å². The predicted molar refractivity (Wildman–Crippen MR) is 90.3 cm³/mol. The third-order valence-corrected chi connectivity index (χ3v) is 6.50. The van der Waals surface area contributed by atoms with Crippen molar-refractivity contribution in [2.24, 2.45) is 5.41 Å². The molecule has 1 aliphatic heterocycles. The van der Waals surface area contributed by atoms with Gasteiger partial charge in [0.2, 0.25) is 5.91 Å². The van der Waals surface area contributed by atoms with E-state index in [1.54, 1.807) is 6.26 Å². The van der Waals surface area contributed by atoms with Gasteiger partial charge in [0.25, 0.3) is 0 Å². The fourth-order valence-corrected chi connectivity index (χ4v) is 5.24. The molecule has 1 unspecified atom stereocenters. The molecule has 5 nitrogen and oxygen atoms in total. The van der Waals surface area contributed by atoms with E-state index in [-0.39, 0.29) is 29.5 Å². The van der Waals surface area contributed by atoms with Crippen molar-refractivity contribution in [3.05, 3.63) is 24.2 Å². The van der Waals surface area contributed by atoms with Gasteiger partial charge in [-0.3, -0.25) is 9.69 Å². The minimum Gasteiger partial charge on any atom is -0.467 e. The van der Waals surface area contributed by atoms with Crippen molar-refractivity contribution >= 4 is 5.91 Å². The number of hydrogen-bond donors (Lipinski definition) is 1. The predicted octanol–water partition coefficient (Wildman–Crippen LogP) is 2.57.